The van der Waals surface area contributed by atoms with Crippen LogP contribution in [-0.2, 0) is 4.79 Å². The summed E-state index contributed by atoms with van der Waals surface area (Å²) in [5, 5.41) is 13.0. The first kappa shape index (κ1) is 24.2. The Kier molecular flexibility index (Phi) is 5.73. The molecule has 2 amide bonds. The van der Waals surface area contributed by atoms with Crippen molar-refractivity contribution in [1.82, 2.24) is 20.1 Å². The summed E-state index contributed by atoms with van der Waals surface area (Å²) >= 11 is 0. The molecule has 0 unspecified atom stereocenters. The molecular formula is C18H20F5N7O2S. The van der Waals surface area contributed by atoms with Crippen LogP contribution in [0, 0.1) is 0 Å². The topological polar surface area (TPSA) is 126 Å². The molecule has 3 rings (SSSR count). The van der Waals surface area contributed by atoms with Gasteiger partial charge >= 0.3 is 10.2 Å². The molecule has 1 saturated heterocycles. The van der Waals surface area contributed by atoms with Gasteiger partial charge in [-0.1, -0.05) is 26.0 Å². The van der Waals surface area contributed by atoms with Gasteiger partial charge in [-0.05, 0) is 43.2 Å². The minimum atomic E-state index is -9.82. The van der Waals surface area contributed by atoms with Crippen LogP contribution in [0.5, 0.6) is 0 Å². The minimum absolute atomic E-state index is 0.0379. The molecule has 1 aromatic heterocycles. The van der Waals surface area contributed by atoms with E-state index in [4.69, 9.17) is 5.73 Å². The predicted molar refractivity (Wildman–Crippen MR) is 113 cm³/mol. The second kappa shape index (κ2) is 7.83. The molecule has 15 heteroatoms. The summed E-state index contributed by atoms with van der Waals surface area (Å²) < 4.78 is 64.5. The third kappa shape index (κ3) is 6.06. The molecule has 1 aliphatic heterocycles. The lowest BCUT2D eigenvalue weighted by molar-refractivity contribution is -0.127. The largest absolute Gasteiger partial charge is 0.364 e. The SMILES string of the molecule is C=CC(=O)N1CCC[C@@H](Nc2nnc(C(N)=O)c(Nc3ccc(S(F)(F)(F)(F)F)cc3)n2)C1. The first-order valence-electron chi connectivity index (χ1n) is 9.50. The molecule has 0 saturated carbocycles. The molecule has 4 N–H and O–H groups in total. The molecule has 9 nitrogen and oxygen atoms in total. The van der Waals surface area contributed by atoms with E-state index >= 15 is 0 Å². The molecule has 1 atom stereocenters. The Labute approximate surface area is 185 Å². The fourth-order valence-electron chi connectivity index (χ4n) is 3.18. The fraction of sp³-hybridized carbons (Fsp3) is 0.278. The maximum absolute atomic E-state index is 12.9. The molecule has 2 aromatic rings. The number of primary amides is 1. The first-order valence-corrected chi connectivity index (χ1v) is 11.4. The summed E-state index contributed by atoms with van der Waals surface area (Å²) in [4.78, 5) is 27.1. The summed E-state index contributed by atoms with van der Waals surface area (Å²) in [7, 11) is -9.82. The van der Waals surface area contributed by atoms with Gasteiger partial charge in [-0.25, -0.2) is 0 Å². The average Bonchev–Trinajstić information content (AvgIpc) is 2.72. The molecule has 0 aliphatic carbocycles. The van der Waals surface area contributed by atoms with Gasteiger partial charge in [0.2, 0.25) is 11.9 Å². The van der Waals surface area contributed by atoms with Crippen LogP contribution in [0.3, 0.4) is 0 Å². The van der Waals surface area contributed by atoms with E-state index in [1.165, 1.54) is 6.08 Å². The van der Waals surface area contributed by atoms with Crippen molar-refractivity contribution in [3.8, 4) is 0 Å². The highest BCUT2D eigenvalue weighted by Gasteiger charge is 2.65. The van der Waals surface area contributed by atoms with E-state index < -0.39 is 26.7 Å². The normalized spacial score (nSPS) is 18.6. The minimum Gasteiger partial charge on any atom is -0.364 e. The van der Waals surface area contributed by atoms with Crippen LogP contribution in [0.25, 0.3) is 0 Å². The quantitative estimate of drug-likeness (QED) is 0.394. The van der Waals surface area contributed by atoms with Crippen molar-refractivity contribution in [2.24, 2.45) is 5.73 Å². The molecule has 0 radical (unpaired) electrons. The van der Waals surface area contributed by atoms with Crippen LogP contribution in [-0.4, -0.2) is 51.0 Å². The van der Waals surface area contributed by atoms with E-state index in [1.54, 1.807) is 4.90 Å². The molecule has 1 aliphatic rings. The highest BCUT2D eigenvalue weighted by Crippen LogP contribution is 3.02. The Morgan fingerprint density at radius 3 is 2.39 bits per heavy atom. The number of nitrogens with zero attached hydrogens (tertiary/aromatic N) is 4. The maximum atomic E-state index is 12.9. The number of rotatable bonds is 7. The molecule has 0 spiro atoms. The summed E-state index contributed by atoms with van der Waals surface area (Å²) in [6, 6.07) is 1.71. The fourth-order valence-corrected chi connectivity index (χ4v) is 3.83. The zero-order valence-corrected chi connectivity index (χ0v) is 17.8. The van der Waals surface area contributed by atoms with Crippen molar-refractivity contribution in [2.45, 2.75) is 23.8 Å². The van der Waals surface area contributed by atoms with Gasteiger partial charge in [0.25, 0.3) is 5.91 Å². The number of piperidine rings is 1. The zero-order valence-electron chi connectivity index (χ0n) is 17.0. The molecule has 2 heterocycles. The average molecular weight is 493 g/mol. The number of carbonyl (C=O) groups is 2. The number of halogens is 5. The monoisotopic (exact) mass is 493 g/mol. The van der Waals surface area contributed by atoms with Crippen LogP contribution in [0.4, 0.5) is 36.9 Å². The predicted octanol–water partition coefficient (Wildman–Crippen LogP) is 3.96. The van der Waals surface area contributed by atoms with Crippen molar-refractivity contribution < 1.29 is 29.0 Å². The van der Waals surface area contributed by atoms with Gasteiger partial charge in [0, 0.05) is 24.8 Å². The van der Waals surface area contributed by atoms with Gasteiger partial charge in [-0.3, -0.25) is 9.59 Å². The Balaban J connectivity index is 1.82. The second-order valence-electron chi connectivity index (χ2n) is 7.29. The number of hydrogen-bond donors (Lipinski definition) is 3. The van der Waals surface area contributed by atoms with Crippen LogP contribution < -0.4 is 16.4 Å². The van der Waals surface area contributed by atoms with Crippen LogP contribution in [0.1, 0.15) is 23.3 Å². The van der Waals surface area contributed by atoms with E-state index in [0.29, 0.717) is 25.9 Å². The Morgan fingerprint density at radius 1 is 1.15 bits per heavy atom. The molecule has 0 bridgehead atoms. The second-order valence-corrected chi connectivity index (χ2v) is 9.70. The summed E-state index contributed by atoms with van der Waals surface area (Å²) in [6.07, 6.45) is 2.58. The Hall–Kier alpha value is -3.49. The lowest BCUT2D eigenvalue weighted by atomic mass is 10.1. The Morgan fingerprint density at radius 2 is 1.82 bits per heavy atom. The number of anilines is 3. The van der Waals surface area contributed by atoms with E-state index in [2.05, 4.69) is 32.4 Å². The lowest BCUT2D eigenvalue weighted by Crippen LogP contribution is -2.44. The van der Waals surface area contributed by atoms with E-state index in [1.807, 2.05) is 0 Å². The van der Waals surface area contributed by atoms with E-state index in [9.17, 15) is 29.0 Å². The number of nitrogens with one attached hydrogen (secondary N) is 2. The van der Waals surface area contributed by atoms with Gasteiger partial charge in [0.1, 0.15) is 4.90 Å². The smallest absolute Gasteiger partial charge is 0.310 e. The number of amides is 2. The van der Waals surface area contributed by atoms with Gasteiger partial charge in [-0.15, -0.1) is 10.2 Å². The maximum Gasteiger partial charge on any atom is 0.310 e. The molecule has 1 aromatic carbocycles. The number of likely N-dealkylation sites (tertiary alicyclic amines) is 1. The van der Waals surface area contributed by atoms with Crippen molar-refractivity contribution in [3.63, 3.8) is 0 Å². The highest BCUT2D eigenvalue weighted by molar-refractivity contribution is 8.45. The van der Waals surface area contributed by atoms with Crippen molar-refractivity contribution in [2.75, 3.05) is 23.7 Å². The van der Waals surface area contributed by atoms with Crippen LogP contribution in [0.2, 0.25) is 0 Å². The van der Waals surface area contributed by atoms with E-state index in [0.717, 1.165) is 12.1 Å². The van der Waals surface area contributed by atoms with E-state index in [-0.39, 0.29) is 41.5 Å². The molecule has 1 fully saturated rings. The number of hydrogen-bond acceptors (Lipinski definition) is 7. The van der Waals surface area contributed by atoms with Crippen molar-refractivity contribution >= 4 is 39.5 Å². The number of nitrogens with two attached hydrogens (primary N) is 1. The third-order valence-corrected chi connectivity index (χ3v) is 5.89. The van der Waals surface area contributed by atoms with Gasteiger partial charge in [0.15, 0.2) is 11.5 Å². The number of benzene rings is 1. The summed E-state index contributed by atoms with van der Waals surface area (Å²) in [6.45, 7) is 4.35. The molecule has 180 valence electrons. The molecular weight excluding hydrogens is 473 g/mol. The number of carbonyl (C=O) groups excluding carboxylic acids is 2. The molecule has 33 heavy (non-hydrogen) atoms. The highest BCUT2D eigenvalue weighted by atomic mass is 32.5. The van der Waals surface area contributed by atoms with Gasteiger partial charge in [-0.2, -0.15) is 4.98 Å². The van der Waals surface area contributed by atoms with Crippen molar-refractivity contribution in [1.29, 1.82) is 0 Å². The Bertz CT molecular complexity index is 1100. The zero-order chi connectivity index (χ0) is 24.5. The van der Waals surface area contributed by atoms with Crippen molar-refractivity contribution in [3.05, 3.63) is 42.6 Å². The van der Waals surface area contributed by atoms with Gasteiger partial charge < -0.3 is 21.3 Å². The standard InChI is InChI=1S/C18H20F5N7O2S/c1-2-14(31)30-9-3-4-12(10-30)26-18-27-17(15(16(24)32)28-29-18)25-11-5-7-13(8-6-11)33(19,20,21,22)23/h2,5-8,12H,1,3-4,9-10H2,(H2,24,32)(H2,25,26,27,29)/t12-/m1/s1. The summed E-state index contributed by atoms with van der Waals surface area (Å²) in [5.41, 5.74) is 4.76. The van der Waals surface area contributed by atoms with Crippen LogP contribution >= 0.6 is 10.2 Å². The summed E-state index contributed by atoms with van der Waals surface area (Å²) in [5.74, 6) is -1.53. The van der Waals surface area contributed by atoms with Crippen LogP contribution in [0.15, 0.2) is 41.8 Å². The lowest BCUT2D eigenvalue weighted by Gasteiger charge is -2.40. The third-order valence-electron chi connectivity index (χ3n) is 4.72. The first-order chi connectivity index (χ1) is 15.2. The number of aromatic nitrogens is 3. The van der Waals surface area contributed by atoms with Gasteiger partial charge in [0.05, 0.1) is 0 Å².